The molecule has 0 aliphatic carbocycles. The number of rotatable bonds is 10. The van der Waals surface area contributed by atoms with Gasteiger partial charge in [0.05, 0.1) is 43.9 Å². The Morgan fingerprint density at radius 2 is 1.47 bits per heavy atom. The molecule has 45 heavy (non-hydrogen) atoms. The summed E-state index contributed by atoms with van der Waals surface area (Å²) in [6.07, 6.45) is 0. The average Bonchev–Trinajstić information content (AvgIpc) is 2.92. The fraction of sp³-hybridized carbons (Fsp3) is 0.533. The molecule has 0 aliphatic heterocycles. The highest BCUT2D eigenvalue weighted by Gasteiger charge is 2.45. The van der Waals surface area contributed by atoms with Crippen molar-refractivity contribution in [1.82, 2.24) is 4.72 Å². The number of alkyl halides is 4. The van der Waals surface area contributed by atoms with Crippen LogP contribution in [0.2, 0.25) is 0 Å². The molecule has 0 aromatic heterocycles. The Hall–Kier alpha value is -2.62. The average molecular weight is 687 g/mol. The number of aliphatic hydroxyl groups is 1. The van der Waals surface area contributed by atoms with Crippen LogP contribution in [-0.2, 0) is 43.3 Å². The van der Waals surface area contributed by atoms with E-state index in [9.17, 15) is 39.6 Å². The third kappa shape index (κ3) is 10.7. The van der Waals surface area contributed by atoms with E-state index < -0.39 is 84.7 Å². The number of halogens is 6. The second kappa shape index (κ2) is 15.8. The van der Waals surface area contributed by atoms with Gasteiger partial charge in [-0.2, -0.15) is 22.0 Å². The number of aliphatic hydroxyl groups excluding tert-OH is 1. The maximum atomic E-state index is 14.5. The van der Waals surface area contributed by atoms with Gasteiger partial charge < -0.3 is 9.84 Å². The largest absolute Gasteiger partial charge is 0.461 e. The van der Waals surface area contributed by atoms with Crippen LogP contribution in [0.25, 0.3) is 0 Å². The number of hydrogen-bond donors (Lipinski definition) is 2. The molecule has 0 heterocycles. The Labute approximate surface area is 265 Å². The van der Waals surface area contributed by atoms with Crippen LogP contribution in [0.1, 0.15) is 90.6 Å². The summed E-state index contributed by atoms with van der Waals surface area (Å²) in [5.74, 6) is -12.0. The number of carbonyl (C=O) groups excluding carboxylic acids is 1. The van der Waals surface area contributed by atoms with Crippen LogP contribution in [0.15, 0.2) is 40.8 Å². The molecular weight excluding hydrogens is 646 g/mol. The minimum atomic E-state index is -4.13. The highest BCUT2D eigenvalue weighted by molar-refractivity contribution is 7.85. The Bertz CT molecular complexity index is 1420. The summed E-state index contributed by atoms with van der Waals surface area (Å²) in [6.45, 7) is 12.9. The van der Waals surface area contributed by atoms with Crippen LogP contribution >= 0.6 is 0 Å². The highest BCUT2D eigenvalue weighted by atomic mass is 32.2. The van der Waals surface area contributed by atoms with Crippen LogP contribution in [0.3, 0.4) is 0 Å². The van der Waals surface area contributed by atoms with Crippen LogP contribution in [-0.4, -0.2) is 47.9 Å². The lowest BCUT2D eigenvalue weighted by molar-refractivity contribution is -0.173. The monoisotopic (exact) mass is 686 g/mol. The van der Waals surface area contributed by atoms with Crippen molar-refractivity contribution in [3.63, 3.8) is 0 Å². The summed E-state index contributed by atoms with van der Waals surface area (Å²) in [4.78, 5) is 11.4. The number of carbonyl (C=O) groups is 1. The summed E-state index contributed by atoms with van der Waals surface area (Å²) < 4.78 is 117. The van der Waals surface area contributed by atoms with Crippen molar-refractivity contribution in [2.45, 2.75) is 89.7 Å². The summed E-state index contributed by atoms with van der Waals surface area (Å²) in [5.41, 5.74) is -2.22. The van der Waals surface area contributed by atoms with Crippen molar-refractivity contribution < 1.29 is 49.4 Å². The quantitative estimate of drug-likeness (QED) is 0.163. The Balaban J connectivity index is 0.000000454. The van der Waals surface area contributed by atoms with Gasteiger partial charge in [-0.1, -0.05) is 24.3 Å². The number of nitrogens with one attached hydrogen (secondary N) is 1. The van der Waals surface area contributed by atoms with Gasteiger partial charge in [0.2, 0.25) is 0 Å². The summed E-state index contributed by atoms with van der Waals surface area (Å²) in [6, 6.07) is 6.09. The van der Waals surface area contributed by atoms with E-state index in [1.165, 1.54) is 38.1 Å². The first-order valence-corrected chi connectivity index (χ1v) is 16.0. The molecule has 0 unspecified atom stereocenters. The van der Waals surface area contributed by atoms with Gasteiger partial charge in [-0.3, -0.25) is 0 Å². The first kappa shape index (κ1) is 40.4. The van der Waals surface area contributed by atoms with Crippen molar-refractivity contribution in [2.24, 2.45) is 4.40 Å². The van der Waals surface area contributed by atoms with Gasteiger partial charge in [0.15, 0.2) is 0 Å². The van der Waals surface area contributed by atoms with Crippen molar-refractivity contribution >= 4 is 33.7 Å². The summed E-state index contributed by atoms with van der Waals surface area (Å²) in [7, 11) is -3.13. The fourth-order valence-electron chi connectivity index (χ4n) is 3.35. The van der Waals surface area contributed by atoms with Gasteiger partial charge in [-0.25, -0.2) is 26.7 Å². The SMILES string of the molecule is CCOC(=O)C(F)(F)c1cccc(C(C)=N[S@](=O)C(C)(C)C)c1F.C[C@@H](N[S@](=O)C(C)(C)C)c1cccc(C(F)(F)CO)c1F. The first-order valence-electron chi connectivity index (χ1n) is 13.7. The summed E-state index contributed by atoms with van der Waals surface area (Å²) >= 11 is 0. The van der Waals surface area contributed by atoms with E-state index in [2.05, 4.69) is 13.9 Å². The van der Waals surface area contributed by atoms with Crippen LogP contribution in [0.4, 0.5) is 26.3 Å². The normalized spacial score (nSPS) is 15.1. The smallest absolute Gasteiger partial charge is 0.382 e. The summed E-state index contributed by atoms with van der Waals surface area (Å²) in [5, 5.41) is 8.67. The molecule has 0 radical (unpaired) electrons. The second-order valence-corrected chi connectivity index (χ2v) is 15.7. The second-order valence-electron chi connectivity index (χ2n) is 11.8. The molecule has 0 saturated carbocycles. The zero-order valence-electron chi connectivity index (χ0n) is 26.6. The predicted molar refractivity (Wildman–Crippen MR) is 164 cm³/mol. The van der Waals surface area contributed by atoms with E-state index >= 15 is 0 Å². The van der Waals surface area contributed by atoms with Crippen molar-refractivity contribution in [3.8, 4) is 0 Å². The molecule has 7 nitrogen and oxygen atoms in total. The van der Waals surface area contributed by atoms with Gasteiger partial charge in [0.25, 0.3) is 5.92 Å². The van der Waals surface area contributed by atoms with Gasteiger partial charge in [-0.15, -0.1) is 0 Å². The number of esters is 1. The van der Waals surface area contributed by atoms with E-state index in [0.29, 0.717) is 0 Å². The van der Waals surface area contributed by atoms with Crippen molar-refractivity contribution in [2.75, 3.05) is 13.2 Å². The van der Waals surface area contributed by atoms with E-state index in [-0.39, 0.29) is 23.4 Å². The van der Waals surface area contributed by atoms with Crippen LogP contribution in [0.5, 0.6) is 0 Å². The van der Waals surface area contributed by atoms with E-state index in [1.807, 2.05) is 0 Å². The standard InChI is InChI=1S/C16H20F3NO3S.C14H20F3NO2S/c1-6-23-14(21)16(18,19)12-9-7-8-11(13(12)17)10(2)20-24(22)15(3,4)5;1-9(18-21(20)13(2,3)4)10-6-5-7-11(12(10)15)14(16,17)8-19/h7-9H,6H2,1-5H3;5-7,9,18-19H,8H2,1-4H3/t24-;9-,21-/m11/s1. The molecule has 2 N–H and O–H groups in total. The van der Waals surface area contributed by atoms with E-state index in [1.54, 1.807) is 48.5 Å². The molecule has 0 saturated heterocycles. The fourth-order valence-corrected chi connectivity index (χ4v) is 4.77. The van der Waals surface area contributed by atoms with Gasteiger partial charge in [-0.05, 0) is 74.4 Å². The Morgan fingerprint density at radius 3 is 1.96 bits per heavy atom. The molecule has 0 amide bonds. The zero-order valence-corrected chi connectivity index (χ0v) is 28.2. The molecule has 0 bridgehead atoms. The lowest BCUT2D eigenvalue weighted by Gasteiger charge is -2.23. The molecule has 254 valence electrons. The maximum absolute atomic E-state index is 14.5. The number of nitrogens with zero attached hydrogens (tertiary/aromatic N) is 1. The molecular formula is C30H40F6N2O5S2. The van der Waals surface area contributed by atoms with Crippen molar-refractivity contribution in [1.29, 1.82) is 0 Å². The maximum Gasteiger partial charge on any atom is 0.382 e. The predicted octanol–water partition coefficient (Wildman–Crippen LogP) is 6.77. The van der Waals surface area contributed by atoms with E-state index in [0.717, 1.165) is 12.1 Å². The highest BCUT2D eigenvalue weighted by Crippen LogP contribution is 2.34. The van der Waals surface area contributed by atoms with Gasteiger partial charge in [0.1, 0.15) is 29.2 Å². The zero-order chi connectivity index (χ0) is 35.1. The molecule has 0 spiro atoms. The Morgan fingerprint density at radius 1 is 0.933 bits per heavy atom. The Kier molecular flexibility index (Phi) is 14.2. The van der Waals surface area contributed by atoms with Gasteiger partial charge >= 0.3 is 11.9 Å². The van der Waals surface area contributed by atoms with Crippen LogP contribution < -0.4 is 4.72 Å². The topological polar surface area (TPSA) is 105 Å². The number of ether oxygens (including phenoxy) is 1. The number of benzene rings is 2. The van der Waals surface area contributed by atoms with E-state index in [4.69, 9.17) is 5.11 Å². The van der Waals surface area contributed by atoms with Gasteiger partial charge in [0, 0.05) is 17.2 Å². The lowest BCUT2D eigenvalue weighted by Crippen LogP contribution is -2.35. The molecule has 0 fully saturated rings. The van der Waals surface area contributed by atoms with Crippen LogP contribution in [0, 0.1) is 11.6 Å². The first-order chi connectivity index (χ1) is 20.4. The number of hydrogen-bond acceptors (Lipinski definition) is 5. The molecule has 2 rings (SSSR count). The molecule has 2 aromatic carbocycles. The molecule has 2 aromatic rings. The lowest BCUT2D eigenvalue weighted by atomic mass is 10.0. The third-order valence-corrected chi connectivity index (χ3v) is 9.10. The third-order valence-electron chi connectivity index (χ3n) is 5.93. The molecule has 0 aliphatic rings. The molecule has 3 atom stereocenters. The minimum absolute atomic E-state index is 0.00210. The minimum Gasteiger partial charge on any atom is -0.461 e. The molecule has 15 heteroatoms. The van der Waals surface area contributed by atoms with Crippen molar-refractivity contribution in [3.05, 3.63) is 70.3 Å².